The summed E-state index contributed by atoms with van der Waals surface area (Å²) in [7, 11) is -4.18. The van der Waals surface area contributed by atoms with Crippen molar-refractivity contribution >= 4 is 21.7 Å². The van der Waals surface area contributed by atoms with Crippen molar-refractivity contribution in [2.75, 3.05) is 11.6 Å². The second kappa shape index (κ2) is 9.87. The molecule has 4 atom stereocenters. The van der Waals surface area contributed by atoms with Gasteiger partial charge < -0.3 is 10.1 Å². The maximum absolute atomic E-state index is 14.8. The fourth-order valence-corrected chi connectivity index (χ4v) is 4.50. The van der Waals surface area contributed by atoms with Crippen LogP contribution in [0.1, 0.15) is 43.1 Å². The average molecular weight is 561 g/mol. The number of rotatable bonds is 7. The van der Waals surface area contributed by atoms with E-state index in [-0.39, 0.29) is 21.6 Å². The molecule has 37 heavy (non-hydrogen) atoms. The molecule has 1 saturated heterocycles. The number of hydrogen-bond donors (Lipinski definition) is 1. The second-order valence-corrected chi connectivity index (χ2v) is 10.4. The molecule has 1 aromatic heterocycles. The first-order valence-corrected chi connectivity index (χ1v) is 12.4. The summed E-state index contributed by atoms with van der Waals surface area (Å²) < 4.78 is 130. The molecule has 0 radical (unpaired) electrons. The van der Waals surface area contributed by atoms with Gasteiger partial charge in [-0.25, -0.2) is 13.5 Å². The van der Waals surface area contributed by atoms with Crippen LogP contribution < -0.4 is 5.32 Å². The number of carbonyl (C=O) groups is 1. The zero-order chi connectivity index (χ0) is 28.1. The predicted octanol–water partition coefficient (Wildman–Crippen LogP) is 4.42. The Kier molecular flexibility index (Phi) is 7.69. The monoisotopic (exact) mass is 561 g/mol. The lowest BCUT2D eigenvalue weighted by atomic mass is 9.76. The van der Waals surface area contributed by atoms with Gasteiger partial charge in [-0.05, 0) is 25.5 Å². The lowest BCUT2D eigenvalue weighted by Crippen LogP contribution is -2.47. The second-order valence-electron chi connectivity index (χ2n) is 8.73. The number of hydrogen-bond acceptors (Lipinski definition) is 6. The van der Waals surface area contributed by atoms with E-state index in [9.17, 15) is 43.9 Å². The summed E-state index contributed by atoms with van der Waals surface area (Å²) in [4.78, 5) is 13.1. The molecule has 0 bridgehead atoms. The van der Waals surface area contributed by atoms with Gasteiger partial charge in [-0.2, -0.15) is 35.5 Å². The molecule has 206 valence electrons. The van der Waals surface area contributed by atoms with Crippen LogP contribution in [0.25, 0.3) is 0 Å². The highest BCUT2D eigenvalue weighted by Crippen LogP contribution is 2.54. The van der Waals surface area contributed by atoms with E-state index in [0.717, 1.165) is 19.2 Å². The van der Waals surface area contributed by atoms with E-state index >= 15 is 0 Å². The van der Waals surface area contributed by atoms with E-state index < -0.39 is 76.1 Å². The molecule has 1 aliphatic heterocycles. The lowest BCUT2D eigenvalue weighted by Gasteiger charge is -2.32. The number of ether oxygens (including phenoxy) is 1. The van der Waals surface area contributed by atoms with Gasteiger partial charge in [-0.3, -0.25) is 8.98 Å². The highest BCUT2D eigenvalue weighted by molar-refractivity contribution is 7.85. The average Bonchev–Trinajstić information content (AvgIpc) is 3.26. The van der Waals surface area contributed by atoms with Crippen LogP contribution in [0.5, 0.6) is 0 Å². The van der Waals surface area contributed by atoms with Gasteiger partial charge in [0, 0.05) is 17.4 Å². The molecule has 16 heteroatoms. The number of aromatic nitrogens is 2. The molecule has 2 heterocycles. The van der Waals surface area contributed by atoms with Crippen molar-refractivity contribution in [3.8, 4) is 0 Å². The van der Waals surface area contributed by atoms with Crippen LogP contribution in [0.15, 0.2) is 18.3 Å². The van der Waals surface area contributed by atoms with Gasteiger partial charge in [0.25, 0.3) is 16.0 Å². The third-order valence-electron chi connectivity index (χ3n) is 6.31. The smallest absolute Gasteiger partial charge is 0.352 e. The van der Waals surface area contributed by atoms with E-state index in [1.165, 1.54) is 6.92 Å². The van der Waals surface area contributed by atoms with Gasteiger partial charge in [0.1, 0.15) is 6.10 Å². The summed E-state index contributed by atoms with van der Waals surface area (Å²) in [5.74, 6) is -7.40. The van der Waals surface area contributed by atoms with Crippen molar-refractivity contribution in [1.29, 1.82) is 0 Å². The van der Waals surface area contributed by atoms with E-state index in [2.05, 4.69) is 14.6 Å². The van der Waals surface area contributed by atoms with Crippen molar-refractivity contribution in [3.63, 3.8) is 0 Å². The maximum Gasteiger partial charge on any atom is 0.417 e. The van der Waals surface area contributed by atoms with Gasteiger partial charge in [-0.1, -0.05) is 13.0 Å². The van der Waals surface area contributed by atoms with Crippen LogP contribution in [-0.4, -0.2) is 48.2 Å². The van der Waals surface area contributed by atoms with Crippen molar-refractivity contribution in [2.45, 2.75) is 57.7 Å². The summed E-state index contributed by atoms with van der Waals surface area (Å²) in [6, 6.07) is 1.52. The summed E-state index contributed by atoms with van der Waals surface area (Å²) in [5.41, 5.74) is -4.36. The largest absolute Gasteiger partial charge is 0.417 e. The minimum atomic E-state index is -5.03. The van der Waals surface area contributed by atoms with E-state index in [0.29, 0.717) is 19.2 Å². The van der Waals surface area contributed by atoms with Gasteiger partial charge in [0.2, 0.25) is 0 Å². The topological polar surface area (TPSA) is 99.5 Å². The highest BCUT2D eigenvalue weighted by atomic mass is 32.2. The first-order chi connectivity index (χ1) is 16.9. The molecular weight excluding hydrogens is 539 g/mol. The first-order valence-electron chi connectivity index (χ1n) is 10.6. The molecule has 1 amide bonds. The zero-order valence-corrected chi connectivity index (χ0v) is 20.6. The molecule has 0 saturated carbocycles. The standard InChI is InChI=1S/C21H22F7N3O5S/c1-9-15(11-5-6-13(22)16(23)12(11)8-35-37(4,33)34)17(36-20(9,3)21(26,27)28)18(32)29-14-7-31(19(24)25)30-10(14)2/h5-7,9,15,17,19H,8H2,1-4H3,(H,29,32)/t9-,15-,17+,20+/m0/s1. The Labute approximate surface area is 206 Å². The molecule has 1 fully saturated rings. The molecule has 8 nitrogen and oxygen atoms in total. The van der Waals surface area contributed by atoms with Crippen molar-refractivity contribution in [2.24, 2.45) is 5.92 Å². The summed E-state index contributed by atoms with van der Waals surface area (Å²) >= 11 is 0. The Morgan fingerprint density at radius 1 is 1.30 bits per heavy atom. The summed E-state index contributed by atoms with van der Waals surface area (Å²) in [6.07, 6.45) is -5.63. The number of benzene rings is 1. The SMILES string of the molecule is Cc1nn(C(F)F)cc1NC(=O)[C@@H]1O[C@@](C)(C(F)(F)F)[C@@H](C)[C@H]1c1ccc(F)c(F)c1COS(C)(=O)=O. The Balaban J connectivity index is 2.11. The first kappa shape index (κ1) is 28.8. The quantitative estimate of drug-likeness (QED) is 0.397. The normalized spacial score (nSPS) is 24.6. The highest BCUT2D eigenvalue weighted by Gasteiger charge is 2.65. The Morgan fingerprint density at radius 2 is 1.92 bits per heavy atom. The van der Waals surface area contributed by atoms with Crippen LogP contribution in [-0.2, 0) is 30.4 Å². The third kappa shape index (κ3) is 5.60. The van der Waals surface area contributed by atoms with E-state index in [1.54, 1.807) is 0 Å². The van der Waals surface area contributed by atoms with Gasteiger partial charge in [0.05, 0.1) is 30.4 Å². The number of carbonyl (C=O) groups excluding carboxylic acids is 1. The summed E-state index contributed by atoms with van der Waals surface area (Å²) in [5, 5.41) is 5.69. The molecule has 3 rings (SSSR count). The molecule has 1 aromatic carbocycles. The third-order valence-corrected chi connectivity index (χ3v) is 6.86. The Bertz CT molecular complexity index is 1300. The zero-order valence-electron chi connectivity index (χ0n) is 19.7. The Hall–Kier alpha value is -2.72. The molecule has 0 unspecified atom stereocenters. The lowest BCUT2D eigenvalue weighted by molar-refractivity contribution is -0.272. The maximum atomic E-state index is 14.8. The van der Waals surface area contributed by atoms with Gasteiger partial charge in [-0.15, -0.1) is 0 Å². The van der Waals surface area contributed by atoms with E-state index in [4.69, 9.17) is 4.74 Å². The van der Waals surface area contributed by atoms with Crippen molar-refractivity contribution in [1.82, 2.24) is 9.78 Å². The molecule has 0 aliphatic carbocycles. The number of halogens is 7. The fraction of sp³-hybridized carbons (Fsp3) is 0.524. The number of anilines is 1. The van der Waals surface area contributed by atoms with Crippen LogP contribution in [0.2, 0.25) is 0 Å². The van der Waals surface area contributed by atoms with Crippen LogP contribution in [0.4, 0.5) is 36.4 Å². The number of alkyl halides is 5. The molecule has 1 N–H and O–H groups in total. The molecule has 0 spiro atoms. The van der Waals surface area contributed by atoms with Gasteiger partial charge >= 0.3 is 12.7 Å². The van der Waals surface area contributed by atoms with Crippen LogP contribution in [0.3, 0.4) is 0 Å². The van der Waals surface area contributed by atoms with E-state index in [1.807, 2.05) is 0 Å². The minimum Gasteiger partial charge on any atom is -0.352 e. The van der Waals surface area contributed by atoms with Crippen LogP contribution >= 0.6 is 0 Å². The van der Waals surface area contributed by atoms with Gasteiger partial charge in [0.15, 0.2) is 17.2 Å². The molecular formula is C21H22F7N3O5S. The number of aryl methyl sites for hydroxylation is 1. The van der Waals surface area contributed by atoms with Crippen molar-refractivity contribution in [3.05, 3.63) is 46.8 Å². The van der Waals surface area contributed by atoms with Crippen molar-refractivity contribution < 1.29 is 52.9 Å². The summed E-state index contributed by atoms with van der Waals surface area (Å²) in [6.45, 7) is -1.12. The predicted molar refractivity (Wildman–Crippen MR) is 114 cm³/mol. The van der Waals surface area contributed by atoms with Crippen LogP contribution in [0, 0.1) is 24.5 Å². The minimum absolute atomic E-state index is 0.0788. The number of nitrogens with one attached hydrogen (secondary N) is 1. The molecule has 1 aliphatic rings. The molecule has 2 aromatic rings. The number of nitrogens with zero attached hydrogens (tertiary/aromatic N) is 2. The Morgan fingerprint density at radius 3 is 2.43 bits per heavy atom. The number of amides is 1. The fourth-order valence-electron chi connectivity index (χ4n) is 4.16.